The van der Waals surface area contributed by atoms with Crippen molar-refractivity contribution in [1.29, 1.82) is 0 Å². The number of aldehydes is 1. The molecule has 0 amide bonds. The first-order valence-electron chi connectivity index (χ1n) is 8.21. The first-order chi connectivity index (χ1) is 9.86. The monoisotopic (exact) mass is 330 g/mol. The van der Waals surface area contributed by atoms with E-state index in [0.29, 0.717) is 16.6 Å². The van der Waals surface area contributed by atoms with Crippen LogP contribution in [-0.2, 0) is 18.8 Å². The van der Waals surface area contributed by atoms with Gasteiger partial charge in [0.05, 0.1) is 6.42 Å². The lowest BCUT2D eigenvalue weighted by Gasteiger charge is -2.43. The molecule has 0 fully saturated rings. The third-order valence-corrected chi connectivity index (χ3v) is 10.1. The molecule has 0 spiro atoms. The summed E-state index contributed by atoms with van der Waals surface area (Å²) in [6, 6.07) is 0. The first kappa shape index (κ1) is 21.3. The van der Waals surface area contributed by atoms with E-state index >= 15 is 0 Å². The molecule has 0 aromatic heterocycles. The highest BCUT2D eigenvalue weighted by molar-refractivity contribution is 6.77. The third kappa shape index (κ3) is 5.84. The van der Waals surface area contributed by atoms with Crippen LogP contribution in [0.3, 0.4) is 0 Å². The van der Waals surface area contributed by atoms with Gasteiger partial charge in [-0.25, -0.2) is 0 Å². The molecule has 0 unspecified atom stereocenters. The predicted molar refractivity (Wildman–Crippen MR) is 92.4 cm³/mol. The van der Waals surface area contributed by atoms with Gasteiger partial charge in [-0.15, -0.1) is 0 Å². The van der Waals surface area contributed by atoms with Crippen LogP contribution in [0.2, 0.25) is 16.6 Å². The van der Waals surface area contributed by atoms with Gasteiger partial charge in [0.1, 0.15) is 18.0 Å². The molecule has 4 nitrogen and oxygen atoms in total. The van der Waals surface area contributed by atoms with Gasteiger partial charge in [0.15, 0.2) is 0 Å². The maximum absolute atomic E-state index is 12.0. The Balaban J connectivity index is 5.16. The molecular weight excluding hydrogens is 296 g/mol. The molecular formula is C17H34O4Si. The molecule has 0 saturated heterocycles. The van der Waals surface area contributed by atoms with E-state index in [-0.39, 0.29) is 12.4 Å². The molecule has 130 valence electrons. The smallest absolute Gasteiger partial charge is 0.309 e. The van der Waals surface area contributed by atoms with Crippen LogP contribution in [0.25, 0.3) is 0 Å². The van der Waals surface area contributed by atoms with Gasteiger partial charge in [-0.05, 0) is 37.4 Å². The zero-order valence-corrected chi connectivity index (χ0v) is 16.7. The predicted octanol–water partition coefficient (Wildman–Crippen LogP) is 4.48. The zero-order chi connectivity index (χ0) is 17.7. The van der Waals surface area contributed by atoms with E-state index in [1.54, 1.807) is 0 Å². The van der Waals surface area contributed by atoms with Crippen LogP contribution in [0, 0.1) is 0 Å². The Labute approximate surface area is 137 Å². The molecule has 22 heavy (non-hydrogen) atoms. The highest BCUT2D eigenvalue weighted by atomic mass is 28.4. The fourth-order valence-electron chi connectivity index (χ4n) is 3.34. The Bertz CT molecular complexity index is 348. The molecule has 0 heterocycles. The van der Waals surface area contributed by atoms with Crippen molar-refractivity contribution in [1.82, 2.24) is 0 Å². The van der Waals surface area contributed by atoms with Crippen molar-refractivity contribution in [3.63, 3.8) is 0 Å². The fourth-order valence-corrected chi connectivity index (χ4v) is 8.82. The molecule has 0 radical (unpaired) electrons. The third-order valence-electron chi connectivity index (χ3n) is 4.00. The highest BCUT2D eigenvalue weighted by Crippen LogP contribution is 2.43. The molecule has 0 aromatic rings. The second-order valence-electron chi connectivity index (χ2n) is 7.90. The summed E-state index contributed by atoms with van der Waals surface area (Å²) >= 11 is 0. The van der Waals surface area contributed by atoms with E-state index in [2.05, 4.69) is 41.5 Å². The number of ether oxygens (including phenoxy) is 1. The van der Waals surface area contributed by atoms with Crippen LogP contribution >= 0.6 is 0 Å². The average Bonchev–Trinajstić information content (AvgIpc) is 2.30. The minimum absolute atomic E-state index is 0.0122. The van der Waals surface area contributed by atoms with Gasteiger partial charge < -0.3 is 14.0 Å². The number of rotatable bonds is 8. The van der Waals surface area contributed by atoms with E-state index in [9.17, 15) is 9.59 Å². The van der Waals surface area contributed by atoms with Crippen molar-refractivity contribution in [2.75, 3.05) is 0 Å². The molecule has 5 heteroatoms. The Morgan fingerprint density at radius 2 is 1.41 bits per heavy atom. The van der Waals surface area contributed by atoms with Gasteiger partial charge in [-0.3, -0.25) is 4.79 Å². The molecule has 0 aliphatic rings. The first-order valence-corrected chi connectivity index (χ1v) is 10.4. The molecule has 0 saturated carbocycles. The van der Waals surface area contributed by atoms with Crippen LogP contribution < -0.4 is 0 Å². The summed E-state index contributed by atoms with van der Waals surface area (Å²) in [7, 11) is -2.18. The summed E-state index contributed by atoms with van der Waals surface area (Å²) in [5.74, 6) is -0.385. The van der Waals surface area contributed by atoms with Gasteiger partial charge >= 0.3 is 5.97 Å². The van der Waals surface area contributed by atoms with Crippen LogP contribution in [0.4, 0.5) is 0 Å². The SMILES string of the molecule is CC(C)[Si](O[C@@H](C=O)CC(=O)OC(C)(C)C)(C(C)C)C(C)C. The van der Waals surface area contributed by atoms with Gasteiger partial charge in [0.2, 0.25) is 8.32 Å². The summed E-state index contributed by atoms with van der Waals surface area (Å²) < 4.78 is 11.6. The molecule has 0 N–H and O–H groups in total. The second kappa shape index (κ2) is 8.25. The van der Waals surface area contributed by atoms with Crippen molar-refractivity contribution >= 4 is 20.6 Å². The lowest BCUT2D eigenvalue weighted by molar-refractivity contribution is -0.157. The topological polar surface area (TPSA) is 52.6 Å². The number of carbonyl (C=O) groups is 2. The molecule has 0 rings (SSSR count). The van der Waals surface area contributed by atoms with Crippen molar-refractivity contribution in [3.05, 3.63) is 0 Å². The molecule has 0 aliphatic heterocycles. The number of esters is 1. The fraction of sp³-hybridized carbons (Fsp3) is 0.882. The highest BCUT2D eigenvalue weighted by Gasteiger charge is 2.47. The van der Waals surface area contributed by atoms with E-state index in [4.69, 9.17) is 9.16 Å². The summed E-state index contributed by atoms with van der Waals surface area (Å²) in [4.78, 5) is 23.4. The minimum Gasteiger partial charge on any atom is -0.460 e. The van der Waals surface area contributed by atoms with Crippen molar-refractivity contribution in [3.8, 4) is 0 Å². The standard InChI is InChI=1S/C17H34O4Si/c1-12(2)22(13(3)4,14(5)6)21-15(11-18)10-16(19)20-17(7,8)9/h11-15H,10H2,1-9H3/t15-/m1/s1. The van der Waals surface area contributed by atoms with Crippen LogP contribution in [-0.4, -0.2) is 32.3 Å². The Kier molecular flexibility index (Phi) is 7.99. The second-order valence-corrected chi connectivity index (χ2v) is 13.3. The largest absolute Gasteiger partial charge is 0.460 e. The van der Waals surface area contributed by atoms with Crippen molar-refractivity contribution in [2.45, 2.75) is 97.1 Å². The van der Waals surface area contributed by atoms with E-state index in [1.165, 1.54) is 0 Å². The maximum Gasteiger partial charge on any atom is 0.309 e. The maximum atomic E-state index is 12.0. The van der Waals surface area contributed by atoms with Crippen LogP contribution in [0.1, 0.15) is 68.7 Å². The number of hydrogen-bond donors (Lipinski definition) is 0. The normalized spacial score (nSPS) is 14.5. The molecule has 0 aromatic carbocycles. The Hall–Kier alpha value is -0.683. The summed E-state index contributed by atoms with van der Waals surface area (Å²) in [5.41, 5.74) is 0.559. The summed E-state index contributed by atoms with van der Waals surface area (Å²) in [6.07, 6.45) is 0.0224. The number of carbonyl (C=O) groups excluding carboxylic acids is 2. The Morgan fingerprint density at radius 3 is 1.68 bits per heavy atom. The molecule has 0 aliphatic carbocycles. The molecule has 1 atom stereocenters. The minimum atomic E-state index is -2.18. The van der Waals surface area contributed by atoms with Crippen molar-refractivity contribution < 1.29 is 18.8 Å². The quantitative estimate of drug-likeness (QED) is 0.374. The van der Waals surface area contributed by atoms with Gasteiger partial charge in [-0.1, -0.05) is 41.5 Å². The lowest BCUT2D eigenvalue weighted by Crippen LogP contribution is -2.51. The van der Waals surface area contributed by atoms with E-state index in [1.807, 2.05) is 20.8 Å². The lowest BCUT2D eigenvalue weighted by atomic mass is 10.2. The molecule has 0 bridgehead atoms. The summed E-state index contributed by atoms with van der Waals surface area (Å²) in [6.45, 7) is 18.4. The van der Waals surface area contributed by atoms with Gasteiger partial charge in [0, 0.05) is 0 Å². The van der Waals surface area contributed by atoms with Crippen LogP contribution in [0.15, 0.2) is 0 Å². The van der Waals surface area contributed by atoms with Crippen LogP contribution in [0.5, 0.6) is 0 Å². The van der Waals surface area contributed by atoms with Crippen molar-refractivity contribution in [2.24, 2.45) is 0 Å². The van der Waals surface area contributed by atoms with Gasteiger partial charge in [-0.2, -0.15) is 0 Å². The number of hydrogen-bond acceptors (Lipinski definition) is 4. The van der Waals surface area contributed by atoms with E-state index in [0.717, 1.165) is 6.29 Å². The van der Waals surface area contributed by atoms with Gasteiger partial charge in [0.25, 0.3) is 0 Å². The zero-order valence-electron chi connectivity index (χ0n) is 15.7. The average molecular weight is 331 g/mol. The summed E-state index contributed by atoms with van der Waals surface area (Å²) in [5, 5.41) is 0. The van der Waals surface area contributed by atoms with E-state index < -0.39 is 20.0 Å². The Morgan fingerprint density at radius 1 is 1.00 bits per heavy atom.